The number of hydrogen-bond donors (Lipinski definition) is 1. The molecule has 2 aromatic rings. The van der Waals surface area contributed by atoms with Gasteiger partial charge < -0.3 is 14.8 Å². The summed E-state index contributed by atoms with van der Waals surface area (Å²) >= 11 is 7.06. The lowest BCUT2D eigenvalue weighted by Gasteiger charge is -2.02. The number of halogens is 1. The van der Waals surface area contributed by atoms with Crippen molar-refractivity contribution in [1.82, 2.24) is 4.98 Å². The van der Waals surface area contributed by atoms with Gasteiger partial charge in [-0.1, -0.05) is 11.6 Å². The molecule has 0 bridgehead atoms. The molecule has 0 saturated heterocycles. The summed E-state index contributed by atoms with van der Waals surface area (Å²) in [5.74, 6) is -0.970. The molecular formula is C16H17ClN2O4S. The first-order chi connectivity index (χ1) is 11.5. The number of hydrogen-bond acceptors (Lipinski definition) is 7. The first-order valence-electron chi connectivity index (χ1n) is 7.38. The standard InChI is InChI=1S/C16H17ClN2O4S/c1-3-22-13(20)9-12-14(15(21)23-4-2)19-16(24-12)18-11-7-5-10(17)6-8-11/h5-8H,3-4,9H2,1-2H3,(H,18,19). The van der Waals surface area contributed by atoms with Crippen LogP contribution in [0.1, 0.15) is 29.2 Å². The minimum Gasteiger partial charge on any atom is -0.466 e. The zero-order valence-electron chi connectivity index (χ0n) is 13.3. The molecule has 128 valence electrons. The van der Waals surface area contributed by atoms with Crippen LogP contribution in [0, 0.1) is 0 Å². The fraction of sp³-hybridized carbons (Fsp3) is 0.312. The number of anilines is 2. The maximum Gasteiger partial charge on any atom is 0.358 e. The predicted molar refractivity (Wildman–Crippen MR) is 93.1 cm³/mol. The Morgan fingerprint density at radius 1 is 1.17 bits per heavy atom. The van der Waals surface area contributed by atoms with Gasteiger partial charge in [0.15, 0.2) is 10.8 Å². The molecule has 0 aliphatic rings. The fourth-order valence-electron chi connectivity index (χ4n) is 1.88. The van der Waals surface area contributed by atoms with Gasteiger partial charge in [0.2, 0.25) is 0 Å². The molecule has 0 unspecified atom stereocenters. The number of ether oxygens (including phenoxy) is 2. The summed E-state index contributed by atoms with van der Waals surface area (Å²) in [5, 5.41) is 4.19. The molecule has 1 aromatic carbocycles. The molecule has 0 radical (unpaired) electrons. The van der Waals surface area contributed by atoms with E-state index in [2.05, 4.69) is 10.3 Å². The molecule has 8 heteroatoms. The zero-order valence-corrected chi connectivity index (χ0v) is 14.9. The van der Waals surface area contributed by atoms with Gasteiger partial charge in [-0.3, -0.25) is 4.79 Å². The summed E-state index contributed by atoms with van der Waals surface area (Å²) in [6, 6.07) is 7.06. The van der Waals surface area contributed by atoms with E-state index in [0.29, 0.717) is 15.0 Å². The highest BCUT2D eigenvalue weighted by molar-refractivity contribution is 7.16. The Morgan fingerprint density at radius 2 is 1.83 bits per heavy atom. The van der Waals surface area contributed by atoms with E-state index < -0.39 is 11.9 Å². The average Bonchev–Trinajstić information content (AvgIpc) is 2.92. The molecule has 2 rings (SSSR count). The van der Waals surface area contributed by atoms with E-state index in [1.807, 2.05) is 0 Å². The van der Waals surface area contributed by atoms with Gasteiger partial charge in [0.25, 0.3) is 0 Å². The minimum absolute atomic E-state index is 0.0258. The molecule has 1 heterocycles. The number of nitrogens with zero attached hydrogens (tertiary/aromatic N) is 1. The molecule has 0 spiro atoms. The molecule has 0 aliphatic heterocycles. The van der Waals surface area contributed by atoms with Crippen molar-refractivity contribution >= 4 is 45.7 Å². The molecule has 0 fully saturated rings. The number of benzene rings is 1. The van der Waals surface area contributed by atoms with Crippen LogP contribution in [-0.2, 0) is 20.7 Å². The summed E-state index contributed by atoms with van der Waals surface area (Å²) in [6.07, 6.45) is -0.0258. The summed E-state index contributed by atoms with van der Waals surface area (Å²) in [6.45, 7) is 3.95. The van der Waals surface area contributed by atoms with Crippen LogP contribution in [0.2, 0.25) is 5.02 Å². The van der Waals surface area contributed by atoms with Crippen molar-refractivity contribution in [3.8, 4) is 0 Å². The molecule has 0 atom stereocenters. The Bertz CT molecular complexity index is 715. The largest absolute Gasteiger partial charge is 0.466 e. The predicted octanol–water partition coefficient (Wildman–Crippen LogP) is 3.82. The summed E-state index contributed by atoms with van der Waals surface area (Å²) < 4.78 is 9.93. The molecule has 1 N–H and O–H groups in total. The highest BCUT2D eigenvalue weighted by Crippen LogP contribution is 2.28. The lowest BCUT2D eigenvalue weighted by atomic mass is 10.3. The summed E-state index contributed by atoms with van der Waals surface area (Å²) in [5.41, 5.74) is 0.901. The van der Waals surface area contributed by atoms with Crippen LogP contribution in [0.3, 0.4) is 0 Å². The van der Waals surface area contributed by atoms with Crippen LogP contribution in [-0.4, -0.2) is 30.1 Å². The van der Waals surface area contributed by atoms with Crippen molar-refractivity contribution in [1.29, 1.82) is 0 Å². The Balaban J connectivity index is 2.23. The highest BCUT2D eigenvalue weighted by Gasteiger charge is 2.22. The van der Waals surface area contributed by atoms with Gasteiger partial charge in [-0.2, -0.15) is 0 Å². The lowest BCUT2D eigenvalue weighted by Crippen LogP contribution is -2.12. The second kappa shape index (κ2) is 8.65. The van der Waals surface area contributed by atoms with Gasteiger partial charge in [0, 0.05) is 10.7 Å². The molecule has 1 aromatic heterocycles. The molecular weight excluding hydrogens is 352 g/mol. The van der Waals surface area contributed by atoms with E-state index in [9.17, 15) is 9.59 Å². The van der Waals surface area contributed by atoms with Crippen LogP contribution < -0.4 is 5.32 Å². The average molecular weight is 369 g/mol. The molecule has 0 saturated carbocycles. The SMILES string of the molecule is CCOC(=O)Cc1sc(Nc2ccc(Cl)cc2)nc1C(=O)OCC. The topological polar surface area (TPSA) is 77.5 Å². The van der Waals surface area contributed by atoms with Crippen LogP contribution in [0.4, 0.5) is 10.8 Å². The first-order valence-corrected chi connectivity index (χ1v) is 8.58. The van der Waals surface area contributed by atoms with Gasteiger partial charge in [-0.25, -0.2) is 9.78 Å². The second-order valence-electron chi connectivity index (χ2n) is 4.62. The van der Waals surface area contributed by atoms with E-state index in [0.717, 1.165) is 5.69 Å². The third kappa shape index (κ3) is 4.94. The van der Waals surface area contributed by atoms with Crippen LogP contribution in [0.5, 0.6) is 0 Å². The quantitative estimate of drug-likeness (QED) is 0.748. The number of carbonyl (C=O) groups excluding carboxylic acids is 2. The Labute approximate surface area is 148 Å². The van der Waals surface area contributed by atoms with Gasteiger partial charge in [-0.05, 0) is 38.1 Å². The monoisotopic (exact) mass is 368 g/mol. The number of esters is 2. The summed E-state index contributed by atoms with van der Waals surface area (Å²) in [4.78, 5) is 28.5. The van der Waals surface area contributed by atoms with Gasteiger partial charge in [-0.15, -0.1) is 11.3 Å². The van der Waals surface area contributed by atoms with Crippen molar-refractivity contribution in [2.24, 2.45) is 0 Å². The number of nitrogens with one attached hydrogen (secondary N) is 1. The number of thiazole rings is 1. The number of carbonyl (C=O) groups is 2. The van der Waals surface area contributed by atoms with Gasteiger partial charge in [0.05, 0.1) is 24.5 Å². The van der Waals surface area contributed by atoms with Gasteiger partial charge >= 0.3 is 11.9 Å². The maximum absolute atomic E-state index is 12.0. The smallest absolute Gasteiger partial charge is 0.358 e. The van der Waals surface area contributed by atoms with Crippen molar-refractivity contribution in [3.63, 3.8) is 0 Å². The molecule has 6 nitrogen and oxygen atoms in total. The van der Waals surface area contributed by atoms with Crippen molar-refractivity contribution < 1.29 is 19.1 Å². The van der Waals surface area contributed by atoms with Gasteiger partial charge in [0.1, 0.15) is 0 Å². The highest BCUT2D eigenvalue weighted by atomic mass is 35.5. The zero-order chi connectivity index (χ0) is 17.5. The second-order valence-corrected chi connectivity index (χ2v) is 6.15. The Hall–Kier alpha value is -2.12. The molecule has 24 heavy (non-hydrogen) atoms. The third-order valence-electron chi connectivity index (χ3n) is 2.87. The number of rotatable bonds is 7. The van der Waals surface area contributed by atoms with Crippen molar-refractivity contribution in [2.75, 3.05) is 18.5 Å². The van der Waals surface area contributed by atoms with Crippen LogP contribution in [0.25, 0.3) is 0 Å². The van der Waals surface area contributed by atoms with E-state index in [4.69, 9.17) is 21.1 Å². The molecule has 0 aliphatic carbocycles. The van der Waals surface area contributed by atoms with E-state index in [-0.39, 0.29) is 25.3 Å². The van der Waals surface area contributed by atoms with Crippen molar-refractivity contribution in [3.05, 3.63) is 39.9 Å². The summed E-state index contributed by atoms with van der Waals surface area (Å²) in [7, 11) is 0. The van der Waals surface area contributed by atoms with Crippen LogP contribution >= 0.6 is 22.9 Å². The maximum atomic E-state index is 12.0. The van der Waals surface area contributed by atoms with E-state index >= 15 is 0 Å². The molecule has 0 amide bonds. The lowest BCUT2D eigenvalue weighted by molar-refractivity contribution is -0.142. The third-order valence-corrected chi connectivity index (χ3v) is 4.09. The van der Waals surface area contributed by atoms with Crippen LogP contribution in [0.15, 0.2) is 24.3 Å². The Kier molecular flexibility index (Phi) is 6.57. The van der Waals surface area contributed by atoms with E-state index in [1.54, 1.807) is 38.1 Å². The van der Waals surface area contributed by atoms with E-state index in [1.165, 1.54) is 11.3 Å². The number of aromatic nitrogens is 1. The van der Waals surface area contributed by atoms with Crippen molar-refractivity contribution in [2.45, 2.75) is 20.3 Å². The first kappa shape index (κ1) is 18.2. The normalized spacial score (nSPS) is 10.3. The fourth-order valence-corrected chi connectivity index (χ4v) is 2.96. The minimum atomic E-state index is -0.558. The Morgan fingerprint density at radius 3 is 2.46 bits per heavy atom.